The Morgan fingerprint density at radius 1 is 1.19 bits per heavy atom. The van der Waals surface area contributed by atoms with E-state index in [1.165, 1.54) is 11.3 Å². The maximum atomic E-state index is 15.1. The fourth-order valence-corrected chi connectivity index (χ4v) is 4.72. The zero-order valence-corrected chi connectivity index (χ0v) is 19.9. The molecule has 1 aliphatic heterocycles. The van der Waals surface area contributed by atoms with E-state index in [9.17, 15) is 0 Å². The summed E-state index contributed by atoms with van der Waals surface area (Å²) in [6.07, 6.45) is 1.72. The maximum absolute atomic E-state index is 15.1. The molecule has 11 heteroatoms. The topological polar surface area (TPSA) is 82.2 Å². The number of H-pyrrole nitrogens is 1. The lowest BCUT2D eigenvalue weighted by Gasteiger charge is -2.33. The van der Waals surface area contributed by atoms with Gasteiger partial charge in [-0.25, -0.2) is 9.37 Å². The van der Waals surface area contributed by atoms with Crippen LogP contribution in [0.1, 0.15) is 5.69 Å². The number of halogens is 2. The van der Waals surface area contributed by atoms with E-state index in [0.717, 1.165) is 47.0 Å². The molecule has 0 saturated carbocycles. The van der Waals surface area contributed by atoms with Gasteiger partial charge in [0.1, 0.15) is 11.6 Å². The Morgan fingerprint density at radius 2 is 2.00 bits per heavy atom. The molecular formula is C21H21BrFN7OS. The van der Waals surface area contributed by atoms with Crippen LogP contribution in [0.5, 0.6) is 11.8 Å². The quantitative estimate of drug-likeness (QED) is 0.389. The lowest BCUT2D eigenvalue weighted by atomic mass is 10.2. The normalized spacial score (nSPS) is 14.8. The van der Waals surface area contributed by atoms with Crippen LogP contribution in [-0.2, 0) is 0 Å². The fourth-order valence-electron chi connectivity index (χ4n) is 3.61. The highest BCUT2D eigenvalue weighted by molar-refractivity contribution is 9.11. The Hall–Kier alpha value is -2.76. The van der Waals surface area contributed by atoms with Crippen molar-refractivity contribution in [2.75, 3.05) is 43.4 Å². The van der Waals surface area contributed by atoms with Gasteiger partial charge in [-0.1, -0.05) is 11.3 Å². The third-order valence-electron chi connectivity index (χ3n) is 5.27. The number of thiazole rings is 1. The summed E-state index contributed by atoms with van der Waals surface area (Å²) in [5, 5.41) is 4.35. The maximum Gasteiger partial charge on any atom is 0.326 e. The van der Waals surface area contributed by atoms with E-state index < -0.39 is 5.82 Å². The second kappa shape index (κ2) is 8.64. The van der Waals surface area contributed by atoms with Crippen molar-refractivity contribution in [1.29, 1.82) is 0 Å². The molecule has 1 aliphatic rings. The molecule has 0 spiro atoms. The number of likely N-dealkylation sites (N-methyl/N-ethyl adjacent to an activating group) is 1. The Balaban J connectivity index is 1.49. The molecule has 1 aromatic carbocycles. The average molecular weight is 518 g/mol. The van der Waals surface area contributed by atoms with E-state index in [1.807, 2.05) is 13.0 Å². The first-order valence-corrected chi connectivity index (χ1v) is 11.7. The van der Waals surface area contributed by atoms with Crippen LogP contribution < -0.4 is 15.0 Å². The predicted octanol–water partition coefficient (Wildman–Crippen LogP) is 4.91. The number of benzene rings is 1. The SMILES string of the molecule is Cc1cc2c(F)c(Oc3nc(Nc4ncc(Br)s4)cc(N4CCN(C)CC4)n3)ccc2[nH]1. The van der Waals surface area contributed by atoms with Crippen LogP contribution in [0.3, 0.4) is 0 Å². The van der Waals surface area contributed by atoms with E-state index in [0.29, 0.717) is 16.3 Å². The van der Waals surface area contributed by atoms with Gasteiger partial charge in [0.15, 0.2) is 16.7 Å². The van der Waals surface area contributed by atoms with Gasteiger partial charge in [-0.2, -0.15) is 9.97 Å². The minimum absolute atomic E-state index is 0.0741. The lowest BCUT2D eigenvalue weighted by molar-refractivity contribution is 0.311. The Labute approximate surface area is 196 Å². The minimum Gasteiger partial charge on any atom is -0.421 e. The summed E-state index contributed by atoms with van der Waals surface area (Å²) < 4.78 is 21.8. The van der Waals surface area contributed by atoms with E-state index in [1.54, 1.807) is 24.4 Å². The number of aromatic amines is 1. The summed E-state index contributed by atoms with van der Waals surface area (Å²) in [7, 11) is 2.10. The minimum atomic E-state index is -0.446. The molecule has 3 aromatic heterocycles. The standard InChI is InChI=1S/C21H21BrFN7OS/c1-12-9-13-14(25-12)3-4-15(19(13)23)31-20-26-17(27-21-24-11-16(22)32-21)10-18(28-20)30-7-5-29(2)6-8-30/h3-4,9-11,25H,5-8H2,1-2H3,(H,24,26,27,28). The monoisotopic (exact) mass is 517 g/mol. The van der Waals surface area contributed by atoms with Crippen molar-refractivity contribution >= 4 is 54.9 Å². The van der Waals surface area contributed by atoms with Crippen molar-refractivity contribution < 1.29 is 9.13 Å². The third kappa shape index (κ3) is 4.41. The molecule has 0 atom stereocenters. The molecule has 0 unspecified atom stereocenters. The highest BCUT2D eigenvalue weighted by atomic mass is 79.9. The second-order valence-corrected chi connectivity index (χ2v) is 10.1. The average Bonchev–Trinajstić information content (AvgIpc) is 3.35. The number of anilines is 3. The molecule has 166 valence electrons. The van der Waals surface area contributed by atoms with Crippen molar-refractivity contribution in [2.45, 2.75) is 6.92 Å². The van der Waals surface area contributed by atoms with Gasteiger partial charge in [0.05, 0.1) is 9.98 Å². The molecule has 5 rings (SSSR count). The first-order chi connectivity index (χ1) is 15.4. The predicted molar refractivity (Wildman–Crippen MR) is 128 cm³/mol. The van der Waals surface area contributed by atoms with Gasteiger partial charge in [-0.15, -0.1) is 0 Å². The molecule has 2 N–H and O–H groups in total. The number of fused-ring (bicyclic) bond motifs is 1. The van der Waals surface area contributed by atoms with E-state index in [2.05, 4.69) is 58.0 Å². The van der Waals surface area contributed by atoms with Gasteiger partial charge in [-0.05, 0) is 48.1 Å². The molecule has 8 nitrogen and oxygen atoms in total. The first kappa shape index (κ1) is 21.1. The number of rotatable bonds is 5. The lowest BCUT2D eigenvalue weighted by Crippen LogP contribution is -2.44. The number of hydrogen-bond acceptors (Lipinski definition) is 8. The number of hydrogen-bond donors (Lipinski definition) is 2. The molecule has 1 fully saturated rings. The molecule has 0 bridgehead atoms. The molecule has 0 aliphatic carbocycles. The number of aryl methyl sites for hydroxylation is 1. The van der Waals surface area contributed by atoms with Crippen molar-refractivity contribution in [3.8, 4) is 11.8 Å². The zero-order valence-electron chi connectivity index (χ0n) is 17.5. The number of piperazine rings is 1. The van der Waals surface area contributed by atoms with E-state index in [4.69, 9.17) is 4.74 Å². The summed E-state index contributed by atoms with van der Waals surface area (Å²) in [6, 6.07) is 7.07. The van der Waals surface area contributed by atoms with Gasteiger partial charge in [0.25, 0.3) is 0 Å². The number of aromatic nitrogens is 4. The highest BCUT2D eigenvalue weighted by Crippen LogP contribution is 2.32. The molecule has 32 heavy (non-hydrogen) atoms. The van der Waals surface area contributed by atoms with Crippen molar-refractivity contribution in [3.05, 3.63) is 45.8 Å². The largest absolute Gasteiger partial charge is 0.421 e. The van der Waals surface area contributed by atoms with Crippen LogP contribution in [0, 0.1) is 12.7 Å². The van der Waals surface area contributed by atoms with Gasteiger partial charge in [0, 0.05) is 48.8 Å². The summed E-state index contributed by atoms with van der Waals surface area (Å²) in [6.45, 7) is 5.41. The summed E-state index contributed by atoms with van der Waals surface area (Å²) in [5.41, 5.74) is 1.60. The van der Waals surface area contributed by atoms with Crippen molar-refractivity contribution in [1.82, 2.24) is 24.8 Å². The molecule has 4 aromatic rings. The Kier molecular flexibility index (Phi) is 5.70. The molecular weight excluding hydrogens is 497 g/mol. The number of nitrogens with one attached hydrogen (secondary N) is 2. The van der Waals surface area contributed by atoms with Crippen LogP contribution in [0.4, 0.5) is 21.2 Å². The fraction of sp³-hybridized carbons (Fsp3) is 0.286. The van der Waals surface area contributed by atoms with Crippen LogP contribution >= 0.6 is 27.3 Å². The van der Waals surface area contributed by atoms with Crippen LogP contribution in [0.25, 0.3) is 10.9 Å². The third-order valence-corrected chi connectivity index (χ3v) is 6.66. The van der Waals surface area contributed by atoms with E-state index in [-0.39, 0.29) is 11.8 Å². The van der Waals surface area contributed by atoms with Gasteiger partial charge in [0.2, 0.25) is 0 Å². The van der Waals surface area contributed by atoms with Crippen molar-refractivity contribution in [3.63, 3.8) is 0 Å². The van der Waals surface area contributed by atoms with E-state index >= 15 is 4.39 Å². The number of ether oxygens (including phenoxy) is 1. The van der Waals surface area contributed by atoms with Gasteiger partial charge >= 0.3 is 6.01 Å². The summed E-state index contributed by atoms with van der Waals surface area (Å²) in [5.74, 6) is 0.888. The summed E-state index contributed by atoms with van der Waals surface area (Å²) >= 11 is 4.87. The molecule has 0 radical (unpaired) electrons. The zero-order chi connectivity index (χ0) is 22.2. The molecule has 4 heterocycles. The highest BCUT2D eigenvalue weighted by Gasteiger charge is 2.19. The van der Waals surface area contributed by atoms with Crippen LogP contribution in [-0.4, -0.2) is 58.1 Å². The molecule has 0 amide bonds. The molecule has 1 saturated heterocycles. The second-order valence-electron chi connectivity index (χ2n) is 7.67. The smallest absolute Gasteiger partial charge is 0.326 e. The van der Waals surface area contributed by atoms with Gasteiger partial charge < -0.3 is 24.8 Å². The van der Waals surface area contributed by atoms with Crippen LogP contribution in [0.2, 0.25) is 0 Å². The van der Waals surface area contributed by atoms with Gasteiger partial charge in [-0.3, -0.25) is 0 Å². The Morgan fingerprint density at radius 3 is 2.75 bits per heavy atom. The first-order valence-electron chi connectivity index (χ1n) is 10.1. The number of nitrogens with zero attached hydrogens (tertiary/aromatic N) is 5. The van der Waals surface area contributed by atoms with Crippen molar-refractivity contribution in [2.24, 2.45) is 0 Å². The summed E-state index contributed by atoms with van der Waals surface area (Å²) in [4.78, 5) is 20.9. The van der Waals surface area contributed by atoms with Crippen LogP contribution in [0.15, 0.2) is 34.2 Å². The Bertz CT molecular complexity index is 1270.